The molecular formula is C14H19N3S2. The molecule has 3 nitrogen and oxygen atoms in total. The van der Waals surface area contributed by atoms with E-state index < -0.39 is 0 Å². The molecule has 0 aliphatic carbocycles. The SMILES string of the molecule is CC(C)CN(CCC(N)=S)c1nc2ccccc2s1. The van der Waals surface area contributed by atoms with Gasteiger partial charge in [-0.25, -0.2) is 4.98 Å². The predicted molar refractivity (Wildman–Crippen MR) is 88.1 cm³/mol. The number of thiazole rings is 1. The summed E-state index contributed by atoms with van der Waals surface area (Å²) in [6.07, 6.45) is 0.734. The van der Waals surface area contributed by atoms with E-state index in [9.17, 15) is 0 Å². The largest absolute Gasteiger partial charge is 0.393 e. The molecule has 0 amide bonds. The van der Waals surface area contributed by atoms with Crippen molar-refractivity contribution in [1.82, 2.24) is 4.98 Å². The molecule has 0 atom stereocenters. The summed E-state index contributed by atoms with van der Waals surface area (Å²) >= 11 is 6.71. The highest BCUT2D eigenvalue weighted by Gasteiger charge is 2.13. The molecule has 5 heteroatoms. The van der Waals surface area contributed by atoms with E-state index in [1.54, 1.807) is 11.3 Å². The zero-order chi connectivity index (χ0) is 13.8. The summed E-state index contributed by atoms with van der Waals surface area (Å²) in [6, 6.07) is 8.23. The number of aromatic nitrogens is 1. The van der Waals surface area contributed by atoms with E-state index in [1.165, 1.54) is 4.70 Å². The van der Waals surface area contributed by atoms with Crippen LogP contribution in [0.15, 0.2) is 24.3 Å². The molecule has 2 rings (SSSR count). The molecule has 1 aromatic carbocycles. The van der Waals surface area contributed by atoms with Gasteiger partial charge < -0.3 is 10.6 Å². The maximum absolute atomic E-state index is 5.61. The van der Waals surface area contributed by atoms with Gasteiger partial charge in [0.2, 0.25) is 0 Å². The predicted octanol–water partition coefficient (Wildman–Crippen LogP) is 3.43. The maximum Gasteiger partial charge on any atom is 0.186 e. The molecule has 0 saturated heterocycles. The van der Waals surface area contributed by atoms with Crippen LogP contribution >= 0.6 is 23.6 Å². The van der Waals surface area contributed by atoms with Crippen molar-refractivity contribution >= 4 is 43.9 Å². The minimum Gasteiger partial charge on any atom is -0.393 e. The van der Waals surface area contributed by atoms with Crippen molar-refractivity contribution in [3.8, 4) is 0 Å². The molecule has 0 spiro atoms. The highest BCUT2D eigenvalue weighted by molar-refractivity contribution is 7.80. The third-order valence-electron chi connectivity index (χ3n) is 2.77. The lowest BCUT2D eigenvalue weighted by Gasteiger charge is -2.23. The van der Waals surface area contributed by atoms with Crippen molar-refractivity contribution in [3.63, 3.8) is 0 Å². The Morgan fingerprint density at radius 1 is 1.42 bits per heavy atom. The smallest absolute Gasteiger partial charge is 0.186 e. The van der Waals surface area contributed by atoms with Crippen LogP contribution in [-0.4, -0.2) is 23.1 Å². The van der Waals surface area contributed by atoms with Crippen molar-refractivity contribution in [1.29, 1.82) is 0 Å². The molecule has 19 heavy (non-hydrogen) atoms. The Bertz CT molecular complexity index is 530. The van der Waals surface area contributed by atoms with Crippen LogP contribution in [0.1, 0.15) is 20.3 Å². The fourth-order valence-corrected chi connectivity index (χ4v) is 3.04. The van der Waals surface area contributed by atoms with Crippen molar-refractivity contribution in [2.24, 2.45) is 11.7 Å². The van der Waals surface area contributed by atoms with Gasteiger partial charge in [-0.1, -0.05) is 49.5 Å². The number of nitrogens with two attached hydrogens (primary N) is 1. The highest BCUT2D eigenvalue weighted by Crippen LogP contribution is 2.29. The fraction of sp³-hybridized carbons (Fsp3) is 0.429. The molecule has 0 aliphatic heterocycles. The van der Waals surface area contributed by atoms with Gasteiger partial charge in [-0.05, 0) is 18.1 Å². The lowest BCUT2D eigenvalue weighted by molar-refractivity contribution is 0.613. The van der Waals surface area contributed by atoms with Crippen molar-refractivity contribution < 1.29 is 0 Å². The third kappa shape index (κ3) is 3.88. The number of benzene rings is 1. The van der Waals surface area contributed by atoms with Gasteiger partial charge in [-0.15, -0.1) is 0 Å². The van der Waals surface area contributed by atoms with Crippen LogP contribution < -0.4 is 10.6 Å². The van der Waals surface area contributed by atoms with Gasteiger partial charge in [0.1, 0.15) is 0 Å². The summed E-state index contributed by atoms with van der Waals surface area (Å²) in [7, 11) is 0. The van der Waals surface area contributed by atoms with Gasteiger partial charge in [-0.2, -0.15) is 0 Å². The van der Waals surface area contributed by atoms with Crippen LogP contribution in [0.25, 0.3) is 10.2 Å². The lowest BCUT2D eigenvalue weighted by Crippen LogP contribution is -2.30. The highest BCUT2D eigenvalue weighted by atomic mass is 32.1. The quantitative estimate of drug-likeness (QED) is 0.829. The minimum atomic E-state index is 0.565. The summed E-state index contributed by atoms with van der Waals surface area (Å²) in [6.45, 7) is 6.23. The first-order valence-corrected chi connectivity index (χ1v) is 7.67. The standard InChI is InChI=1S/C14H19N3S2/c1-10(2)9-17(8-7-13(15)18)14-16-11-5-3-4-6-12(11)19-14/h3-6,10H,7-9H2,1-2H3,(H2,15,18). The monoisotopic (exact) mass is 293 g/mol. The van der Waals surface area contributed by atoms with Gasteiger partial charge in [0, 0.05) is 19.5 Å². The summed E-state index contributed by atoms with van der Waals surface area (Å²) in [5, 5.41) is 1.06. The van der Waals surface area contributed by atoms with Crippen LogP contribution in [0.5, 0.6) is 0 Å². The van der Waals surface area contributed by atoms with E-state index in [2.05, 4.69) is 30.9 Å². The van der Waals surface area contributed by atoms with Crippen LogP contribution in [0.3, 0.4) is 0 Å². The number of fused-ring (bicyclic) bond motifs is 1. The van der Waals surface area contributed by atoms with E-state index in [1.807, 2.05) is 12.1 Å². The zero-order valence-electron chi connectivity index (χ0n) is 11.3. The second kappa shape index (κ2) is 6.30. The second-order valence-corrected chi connectivity index (χ2v) is 6.55. The van der Waals surface area contributed by atoms with Crippen LogP contribution in [0.4, 0.5) is 5.13 Å². The van der Waals surface area contributed by atoms with Crippen LogP contribution in [0.2, 0.25) is 0 Å². The Kier molecular flexibility index (Phi) is 4.71. The van der Waals surface area contributed by atoms with Crippen molar-refractivity contribution in [2.45, 2.75) is 20.3 Å². The molecule has 0 aliphatic rings. The molecular weight excluding hydrogens is 274 g/mol. The first-order chi connectivity index (χ1) is 9.06. The van der Waals surface area contributed by atoms with E-state index in [-0.39, 0.29) is 0 Å². The molecule has 0 radical (unpaired) electrons. The molecule has 1 aromatic heterocycles. The number of hydrogen-bond acceptors (Lipinski definition) is 4. The van der Waals surface area contributed by atoms with E-state index >= 15 is 0 Å². The number of anilines is 1. The second-order valence-electron chi connectivity index (χ2n) is 5.02. The number of thiocarbonyl (C=S) groups is 1. The molecule has 0 unspecified atom stereocenters. The Labute approximate surface area is 123 Å². The minimum absolute atomic E-state index is 0.565. The fourth-order valence-electron chi connectivity index (χ4n) is 1.95. The molecule has 2 N–H and O–H groups in total. The summed E-state index contributed by atoms with van der Waals surface area (Å²) < 4.78 is 1.22. The molecule has 102 valence electrons. The number of rotatable bonds is 6. The number of para-hydroxylation sites is 1. The molecule has 0 bridgehead atoms. The Morgan fingerprint density at radius 3 is 2.79 bits per heavy atom. The zero-order valence-corrected chi connectivity index (χ0v) is 12.9. The Hall–Kier alpha value is -1.20. The molecule has 0 fully saturated rings. The summed E-state index contributed by atoms with van der Waals surface area (Å²) in [5.41, 5.74) is 6.67. The summed E-state index contributed by atoms with van der Waals surface area (Å²) in [4.78, 5) is 7.56. The maximum atomic E-state index is 5.61. The number of nitrogens with zero attached hydrogens (tertiary/aromatic N) is 2. The average Bonchev–Trinajstić information content (AvgIpc) is 2.77. The van der Waals surface area contributed by atoms with Gasteiger partial charge in [-0.3, -0.25) is 0 Å². The molecule has 1 heterocycles. The normalized spacial score (nSPS) is 11.1. The van der Waals surface area contributed by atoms with Gasteiger partial charge in [0.05, 0.1) is 15.2 Å². The van der Waals surface area contributed by atoms with Gasteiger partial charge in [0.25, 0.3) is 0 Å². The van der Waals surface area contributed by atoms with Crippen molar-refractivity contribution in [3.05, 3.63) is 24.3 Å². The van der Waals surface area contributed by atoms with Crippen LogP contribution in [-0.2, 0) is 0 Å². The third-order valence-corrected chi connectivity index (χ3v) is 4.07. The topological polar surface area (TPSA) is 42.1 Å². The van der Waals surface area contributed by atoms with Crippen molar-refractivity contribution in [2.75, 3.05) is 18.0 Å². The number of hydrogen-bond donors (Lipinski definition) is 1. The Morgan fingerprint density at radius 2 is 2.16 bits per heavy atom. The van der Waals surface area contributed by atoms with E-state index in [4.69, 9.17) is 22.9 Å². The molecule has 2 aromatic rings. The average molecular weight is 293 g/mol. The molecule has 0 saturated carbocycles. The lowest BCUT2D eigenvalue weighted by atomic mass is 10.2. The van der Waals surface area contributed by atoms with E-state index in [0.29, 0.717) is 10.9 Å². The first kappa shape index (κ1) is 14.2. The van der Waals surface area contributed by atoms with Crippen LogP contribution in [0, 0.1) is 5.92 Å². The Balaban J connectivity index is 2.22. The van der Waals surface area contributed by atoms with E-state index in [0.717, 1.165) is 30.2 Å². The van der Waals surface area contributed by atoms with Gasteiger partial charge in [0.15, 0.2) is 5.13 Å². The first-order valence-electron chi connectivity index (χ1n) is 6.45. The summed E-state index contributed by atoms with van der Waals surface area (Å²) in [5.74, 6) is 0.582. The van der Waals surface area contributed by atoms with Gasteiger partial charge >= 0.3 is 0 Å².